The number of piperidine rings is 1. The van der Waals surface area contributed by atoms with Crippen LogP contribution in [0.5, 0.6) is 5.75 Å². The molecule has 33 heavy (non-hydrogen) atoms. The lowest BCUT2D eigenvalue weighted by Gasteiger charge is -2.38. The number of carbonyl (C=O) groups excluding carboxylic acids is 2. The first kappa shape index (κ1) is 23.4. The minimum atomic E-state index is 0.0314. The van der Waals surface area contributed by atoms with Crippen molar-refractivity contribution in [3.05, 3.63) is 53.9 Å². The fraction of sp³-hybridized carbons (Fsp3) is 0.556. The maximum atomic E-state index is 13.4. The number of aromatic nitrogens is 1. The van der Waals surface area contributed by atoms with Gasteiger partial charge in [-0.2, -0.15) is 0 Å². The van der Waals surface area contributed by atoms with Crippen LogP contribution in [0, 0.1) is 0 Å². The Bertz CT molecular complexity index is 942. The Hall–Kier alpha value is -2.76. The Balaban J connectivity index is 1.41. The zero-order valence-corrected chi connectivity index (χ0v) is 20.2. The molecule has 0 unspecified atom stereocenters. The van der Waals surface area contributed by atoms with Gasteiger partial charge in [0.05, 0.1) is 6.04 Å². The summed E-state index contributed by atoms with van der Waals surface area (Å²) in [6.07, 6.45) is 9.62. The highest BCUT2D eigenvalue weighted by atomic mass is 16.5. The van der Waals surface area contributed by atoms with Gasteiger partial charge in [-0.05, 0) is 82.3 Å². The Kier molecular flexibility index (Phi) is 7.41. The maximum Gasteiger partial charge on any atom is 0.260 e. The van der Waals surface area contributed by atoms with Crippen LogP contribution in [0.2, 0.25) is 0 Å². The topological polar surface area (TPSA) is 54.8 Å². The van der Waals surface area contributed by atoms with Crippen LogP contribution in [-0.2, 0) is 11.8 Å². The predicted octanol–water partition coefficient (Wildman–Crippen LogP) is 4.95. The quantitative estimate of drug-likeness (QED) is 0.646. The molecule has 6 heteroatoms. The lowest BCUT2D eigenvalue weighted by atomic mass is 9.97. The van der Waals surface area contributed by atoms with Gasteiger partial charge in [-0.3, -0.25) is 9.59 Å². The molecule has 1 aromatic heterocycles. The van der Waals surface area contributed by atoms with Crippen molar-refractivity contribution in [1.82, 2.24) is 14.4 Å². The smallest absolute Gasteiger partial charge is 0.260 e. The predicted molar refractivity (Wildman–Crippen MR) is 129 cm³/mol. The highest BCUT2D eigenvalue weighted by molar-refractivity contribution is 5.94. The summed E-state index contributed by atoms with van der Waals surface area (Å²) >= 11 is 0. The molecule has 0 saturated carbocycles. The van der Waals surface area contributed by atoms with Crippen molar-refractivity contribution in [3.8, 4) is 5.75 Å². The van der Waals surface area contributed by atoms with Crippen molar-refractivity contribution in [3.63, 3.8) is 0 Å². The molecule has 2 aliphatic heterocycles. The lowest BCUT2D eigenvalue weighted by Crippen LogP contribution is -2.49. The SMILES string of the molecule is C[C@@H]1CCC[C@H](C)N1C(=O)COc1ccc(C(=O)N2CCCCC[C@H]2c2cccn2C)cc1. The molecule has 2 fully saturated rings. The van der Waals surface area contributed by atoms with E-state index in [-0.39, 0.29) is 36.5 Å². The molecule has 0 N–H and O–H groups in total. The van der Waals surface area contributed by atoms with Gasteiger partial charge in [-0.25, -0.2) is 0 Å². The van der Waals surface area contributed by atoms with Gasteiger partial charge in [0, 0.05) is 43.1 Å². The zero-order chi connectivity index (χ0) is 23.4. The third-order valence-electron chi connectivity index (χ3n) is 7.28. The molecule has 0 radical (unpaired) electrons. The zero-order valence-electron chi connectivity index (χ0n) is 20.2. The fourth-order valence-electron chi connectivity index (χ4n) is 5.47. The van der Waals surface area contributed by atoms with Crippen molar-refractivity contribution in [2.75, 3.05) is 13.2 Å². The Labute approximate surface area is 197 Å². The van der Waals surface area contributed by atoms with E-state index < -0.39 is 0 Å². The Morgan fingerprint density at radius 2 is 1.67 bits per heavy atom. The number of nitrogens with zero attached hydrogens (tertiary/aromatic N) is 3. The van der Waals surface area contributed by atoms with Crippen LogP contribution in [0.1, 0.15) is 80.9 Å². The second kappa shape index (κ2) is 10.4. The molecule has 178 valence electrons. The number of amides is 2. The normalized spacial score (nSPS) is 23.8. The average Bonchev–Trinajstić information content (AvgIpc) is 3.08. The second-order valence-corrected chi connectivity index (χ2v) is 9.65. The molecule has 0 spiro atoms. The molecule has 0 bridgehead atoms. The standard InChI is InChI=1S/C27H37N3O3/c1-20-9-7-10-21(2)30(20)26(31)19-33-23-15-13-22(14-16-23)27(32)29-18-6-4-5-11-25(29)24-12-8-17-28(24)3/h8,12-17,20-21,25H,4-7,9-11,18-19H2,1-3H3/t20-,21+,25-/m0/s1. The van der Waals surface area contributed by atoms with E-state index in [9.17, 15) is 9.59 Å². The van der Waals surface area contributed by atoms with Crippen molar-refractivity contribution < 1.29 is 14.3 Å². The summed E-state index contributed by atoms with van der Waals surface area (Å²) in [7, 11) is 2.04. The van der Waals surface area contributed by atoms with Gasteiger partial charge in [0.25, 0.3) is 11.8 Å². The lowest BCUT2D eigenvalue weighted by molar-refractivity contribution is -0.139. The van der Waals surface area contributed by atoms with Crippen LogP contribution >= 0.6 is 0 Å². The van der Waals surface area contributed by atoms with Crippen LogP contribution in [0.3, 0.4) is 0 Å². The fourth-order valence-corrected chi connectivity index (χ4v) is 5.47. The largest absolute Gasteiger partial charge is 0.484 e. The van der Waals surface area contributed by atoms with Crippen molar-refractivity contribution in [2.24, 2.45) is 7.05 Å². The van der Waals surface area contributed by atoms with E-state index >= 15 is 0 Å². The summed E-state index contributed by atoms with van der Waals surface area (Å²) in [4.78, 5) is 30.2. The number of likely N-dealkylation sites (tertiary alicyclic amines) is 2. The van der Waals surface area contributed by atoms with E-state index in [1.807, 2.05) is 41.2 Å². The summed E-state index contributed by atoms with van der Waals surface area (Å²) in [6, 6.07) is 12.0. The van der Waals surface area contributed by atoms with Crippen LogP contribution in [-0.4, -0.2) is 51.4 Å². The summed E-state index contributed by atoms with van der Waals surface area (Å²) in [6.45, 7) is 5.02. The molecule has 2 saturated heterocycles. The summed E-state index contributed by atoms with van der Waals surface area (Å²) < 4.78 is 7.91. The molecule has 2 amide bonds. The highest BCUT2D eigenvalue weighted by Crippen LogP contribution is 2.32. The first-order valence-electron chi connectivity index (χ1n) is 12.4. The molecular formula is C27H37N3O3. The van der Waals surface area contributed by atoms with Gasteiger partial charge in [-0.15, -0.1) is 0 Å². The monoisotopic (exact) mass is 451 g/mol. The molecule has 4 rings (SSSR count). The Morgan fingerprint density at radius 3 is 2.33 bits per heavy atom. The van der Waals surface area contributed by atoms with E-state index in [0.717, 1.165) is 45.1 Å². The molecule has 6 nitrogen and oxygen atoms in total. The van der Waals surface area contributed by atoms with E-state index in [0.29, 0.717) is 11.3 Å². The molecule has 0 aliphatic carbocycles. The van der Waals surface area contributed by atoms with Crippen LogP contribution in [0.25, 0.3) is 0 Å². The molecular weight excluding hydrogens is 414 g/mol. The van der Waals surface area contributed by atoms with Gasteiger partial charge >= 0.3 is 0 Å². The molecule has 3 atom stereocenters. The van der Waals surface area contributed by atoms with Gasteiger partial charge in [0.15, 0.2) is 6.61 Å². The van der Waals surface area contributed by atoms with E-state index in [2.05, 4.69) is 24.5 Å². The highest BCUT2D eigenvalue weighted by Gasteiger charge is 2.30. The summed E-state index contributed by atoms with van der Waals surface area (Å²) in [5, 5.41) is 0. The van der Waals surface area contributed by atoms with Crippen LogP contribution < -0.4 is 4.74 Å². The number of hydrogen-bond acceptors (Lipinski definition) is 3. The number of hydrogen-bond donors (Lipinski definition) is 0. The van der Waals surface area contributed by atoms with Crippen molar-refractivity contribution in [2.45, 2.75) is 76.9 Å². The third kappa shape index (κ3) is 5.26. The van der Waals surface area contributed by atoms with Gasteiger partial charge in [0.2, 0.25) is 0 Å². The summed E-state index contributed by atoms with van der Waals surface area (Å²) in [5.74, 6) is 0.707. The van der Waals surface area contributed by atoms with E-state index in [1.54, 1.807) is 12.1 Å². The number of carbonyl (C=O) groups is 2. The third-order valence-corrected chi connectivity index (χ3v) is 7.28. The van der Waals surface area contributed by atoms with Gasteiger partial charge in [0.1, 0.15) is 5.75 Å². The van der Waals surface area contributed by atoms with Gasteiger partial charge < -0.3 is 19.1 Å². The molecule has 2 aliphatic rings. The van der Waals surface area contributed by atoms with Crippen molar-refractivity contribution >= 4 is 11.8 Å². The van der Waals surface area contributed by atoms with Crippen LogP contribution in [0.15, 0.2) is 42.6 Å². The first-order chi connectivity index (χ1) is 16.0. The maximum absolute atomic E-state index is 13.4. The minimum absolute atomic E-state index is 0.0314. The number of aryl methyl sites for hydroxylation is 1. The van der Waals surface area contributed by atoms with E-state index in [1.165, 1.54) is 12.1 Å². The Morgan fingerprint density at radius 1 is 0.939 bits per heavy atom. The van der Waals surface area contributed by atoms with Crippen molar-refractivity contribution in [1.29, 1.82) is 0 Å². The molecule has 1 aromatic carbocycles. The molecule has 3 heterocycles. The van der Waals surface area contributed by atoms with Gasteiger partial charge in [-0.1, -0.05) is 12.8 Å². The average molecular weight is 452 g/mol. The summed E-state index contributed by atoms with van der Waals surface area (Å²) in [5.41, 5.74) is 1.85. The number of rotatable bonds is 5. The number of ether oxygens (including phenoxy) is 1. The first-order valence-corrected chi connectivity index (χ1v) is 12.4. The van der Waals surface area contributed by atoms with E-state index in [4.69, 9.17) is 4.74 Å². The number of benzene rings is 1. The molecule has 2 aromatic rings. The second-order valence-electron chi connectivity index (χ2n) is 9.65. The minimum Gasteiger partial charge on any atom is -0.484 e. The van der Waals surface area contributed by atoms with Crippen LogP contribution in [0.4, 0.5) is 0 Å².